The van der Waals surface area contributed by atoms with Crippen molar-refractivity contribution in [1.82, 2.24) is 15.1 Å². The van der Waals surface area contributed by atoms with Gasteiger partial charge in [-0.2, -0.15) is 0 Å². The number of hydrogen-bond acceptors (Lipinski definition) is 4. The molecule has 32 heavy (non-hydrogen) atoms. The number of anilines is 1. The summed E-state index contributed by atoms with van der Waals surface area (Å²) in [5.74, 6) is 5.52. The first kappa shape index (κ1) is 20.6. The highest BCUT2D eigenvalue weighted by molar-refractivity contribution is 6.33. The lowest BCUT2D eigenvalue weighted by molar-refractivity contribution is 0.234. The van der Waals surface area contributed by atoms with Crippen LogP contribution in [0.1, 0.15) is 25.7 Å². The second kappa shape index (κ2) is 8.42. The lowest BCUT2D eigenvalue weighted by Gasteiger charge is -2.26. The van der Waals surface area contributed by atoms with Gasteiger partial charge in [-0.15, -0.1) is 10.2 Å². The van der Waals surface area contributed by atoms with E-state index in [2.05, 4.69) is 32.6 Å². The van der Waals surface area contributed by atoms with Crippen LogP contribution in [-0.2, 0) is 0 Å². The predicted octanol–water partition coefficient (Wildman–Crippen LogP) is 5.52. The van der Waals surface area contributed by atoms with Crippen LogP contribution in [0.15, 0.2) is 42.5 Å². The molecule has 2 bridgehead atoms. The van der Waals surface area contributed by atoms with Gasteiger partial charge in [-0.25, -0.2) is 4.39 Å². The van der Waals surface area contributed by atoms with Crippen molar-refractivity contribution in [2.24, 2.45) is 35.5 Å². The van der Waals surface area contributed by atoms with E-state index in [1.165, 1.54) is 57.5 Å². The molecule has 6 rings (SSSR count). The van der Waals surface area contributed by atoms with Crippen molar-refractivity contribution in [1.29, 1.82) is 0 Å². The molecule has 1 N–H and O–H groups in total. The third kappa shape index (κ3) is 4.06. The molecule has 1 aromatic carbocycles. The second-order valence-corrected chi connectivity index (χ2v) is 10.8. The maximum absolute atomic E-state index is 13.5. The third-order valence-electron chi connectivity index (χ3n) is 8.27. The average Bonchev–Trinajstić information content (AvgIpc) is 3.56. The van der Waals surface area contributed by atoms with Crippen LogP contribution in [0.25, 0.3) is 11.3 Å². The van der Waals surface area contributed by atoms with Crippen LogP contribution in [0, 0.1) is 41.3 Å². The highest BCUT2D eigenvalue weighted by atomic mass is 35.5. The van der Waals surface area contributed by atoms with Gasteiger partial charge in [0.25, 0.3) is 0 Å². The Morgan fingerprint density at radius 3 is 2.53 bits per heavy atom. The zero-order valence-electron chi connectivity index (χ0n) is 18.3. The molecule has 2 heterocycles. The van der Waals surface area contributed by atoms with Gasteiger partial charge in [-0.1, -0.05) is 23.8 Å². The van der Waals surface area contributed by atoms with Gasteiger partial charge in [0, 0.05) is 31.7 Å². The minimum atomic E-state index is -0.328. The van der Waals surface area contributed by atoms with Gasteiger partial charge in [0.05, 0.1) is 10.7 Å². The summed E-state index contributed by atoms with van der Waals surface area (Å²) < 4.78 is 13.5. The molecule has 1 saturated heterocycles. The maximum atomic E-state index is 13.5. The van der Waals surface area contributed by atoms with Crippen molar-refractivity contribution in [2.45, 2.75) is 25.7 Å². The van der Waals surface area contributed by atoms with E-state index in [1.54, 1.807) is 6.07 Å². The van der Waals surface area contributed by atoms with Gasteiger partial charge < -0.3 is 10.2 Å². The molecule has 1 aromatic heterocycles. The van der Waals surface area contributed by atoms with Crippen molar-refractivity contribution in [2.75, 3.05) is 31.5 Å². The Bertz CT molecular complexity index is 995. The molecule has 0 radical (unpaired) electrons. The van der Waals surface area contributed by atoms with Gasteiger partial charge in [0.2, 0.25) is 0 Å². The molecule has 4 nitrogen and oxygen atoms in total. The molecule has 0 spiro atoms. The molecule has 4 aliphatic rings. The Balaban J connectivity index is 0.986. The topological polar surface area (TPSA) is 41.0 Å². The summed E-state index contributed by atoms with van der Waals surface area (Å²) in [6, 6.07) is 8.05. The Labute approximate surface area is 194 Å². The molecule has 1 aliphatic heterocycles. The lowest BCUT2D eigenvalue weighted by atomic mass is 9.93. The van der Waals surface area contributed by atoms with Crippen molar-refractivity contribution >= 4 is 17.4 Å². The van der Waals surface area contributed by atoms with E-state index >= 15 is 0 Å². The Morgan fingerprint density at radius 1 is 1.00 bits per heavy atom. The fourth-order valence-electron chi connectivity index (χ4n) is 6.79. The van der Waals surface area contributed by atoms with Crippen LogP contribution in [0.5, 0.6) is 0 Å². The van der Waals surface area contributed by atoms with E-state index in [0.29, 0.717) is 22.2 Å². The second-order valence-electron chi connectivity index (χ2n) is 10.4. The molecule has 2 aromatic rings. The summed E-state index contributed by atoms with van der Waals surface area (Å²) in [7, 11) is 0. The molecule has 3 aliphatic carbocycles. The fourth-order valence-corrected chi connectivity index (χ4v) is 7.00. The zero-order valence-corrected chi connectivity index (χ0v) is 19.0. The van der Waals surface area contributed by atoms with Crippen LogP contribution >= 0.6 is 11.6 Å². The van der Waals surface area contributed by atoms with E-state index in [1.807, 2.05) is 12.1 Å². The molecule has 168 valence electrons. The summed E-state index contributed by atoms with van der Waals surface area (Å²) in [5, 5.41) is 12.5. The number of aromatic nitrogens is 2. The molecule has 2 saturated carbocycles. The van der Waals surface area contributed by atoms with Crippen LogP contribution in [0.2, 0.25) is 5.02 Å². The summed E-state index contributed by atoms with van der Waals surface area (Å²) in [6.07, 6.45) is 10.4. The SMILES string of the molecule is Fc1ccc(Cl)c(-c2ccc(NC[C@@H]3C[C@@H]4CN(CC5CC6C=CC5C6)C[C@@H]4C3)nn2)c1. The fraction of sp³-hybridized carbons (Fsp3) is 0.538. The van der Waals surface area contributed by atoms with Gasteiger partial charge in [0.15, 0.2) is 0 Å². The quantitative estimate of drug-likeness (QED) is 0.586. The third-order valence-corrected chi connectivity index (χ3v) is 8.60. The van der Waals surface area contributed by atoms with Gasteiger partial charge in [-0.3, -0.25) is 0 Å². The van der Waals surface area contributed by atoms with Crippen molar-refractivity contribution in [3.8, 4) is 11.3 Å². The molecule has 0 amide bonds. The maximum Gasteiger partial charge on any atom is 0.148 e. The van der Waals surface area contributed by atoms with E-state index in [-0.39, 0.29) is 5.82 Å². The van der Waals surface area contributed by atoms with Gasteiger partial charge in [-0.05, 0) is 91.5 Å². The number of allylic oxidation sites excluding steroid dienone is 2. The van der Waals surface area contributed by atoms with Crippen LogP contribution in [-0.4, -0.2) is 41.3 Å². The first-order valence-electron chi connectivity index (χ1n) is 12.0. The number of rotatable bonds is 6. The highest BCUT2D eigenvalue weighted by Crippen LogP contribution is 2.46. The summed E-state index contributed by atoms with van der Waals surface area (Å²) >= 11 is 6.18. The first-order chi connectivity index (χ1) is 15.6. The van der Waals surface area contributed by atoms with E-state index in [0.717, 1.165) is 42.0 Å². The van der Waals surface area contributed by atoms with E-state index in [4.69, 9.17) is 11.6 Å². The Kier molecular flexibility index (Phi) is 5.42. The molecular weight excluding hydrogens is 423 g/mol. The molecule has 6 atom stereocenters. The molecule has 6 heteroatoms. The van der Waals surface area contributed by atoms with Crippen LogP contribution in [0.4, 0.5) is 10.2 Å². The minimum Gasteiger partial charge on any atom is -0.368 e. The van der Waals surface area contributed by atoms with Gasteiger partial charge >= 0.3 is 0 Å². The summed E-state index contributed by atoms with van der Waals surface area (Å²) in [6.45, 7) is 4.85. The number of likely N-dealkylation sites (tertiary alicyclic amines) is 1. The Hall–Kier alpha value is -1.98. The number of benzene rings is 1. The number of nitrogens with one attached hydrogen (secondary N) is 1. The largest absolute Gasteiger partial charge is 0.368 e. The standard InChI is InChI=1S/C26H30ClFN4/c27-24-4-3-22(28)11-23(24)25-5-6-26(31-30-25)29-12-17-9-20-14-32(15-21(20)10-17)13-19-8-16-1-2-18(19)7-16/h1-6,11,16-21H,7-10,12-15H2,(H,29,31)/t16?,17-,18?,19?,20-,21+. The number of fused-ring (bicyclic) bond motifs is 3. The normalized spacial score (nSPS) is 33.2. The summed E-state index contributed by atoms with van der Waals surface area (Å²) in [5.41, 5.74) is 1.15. The highest BCUT2D eigenvalue weighted by Gasteiger charge is 2.43. The van der Waals surface area contributed by atoms with Gasteiger partial charge in [0.1, 0.15) is 11.6 Å². The lowest BCUT2D eigenvalue weighted by Crippen LogP contribution is -2.30. The van der Waals surface area contributed by atoms with Crippen molar-refractivity contribution in [3.63, 3.8) is 0 Å². The number of halogens is 2. The minimum absolute atomic E-state index is 0.328. The zero-order chi connectivity index (χ0) is 21.7. The Morgan fingerprint density at radius 2 is 1.84 bits per heavy atom. The molecule has 3 fully saturated rings. The van der Waals surface area contributed by atoms with Crippen LogP contribution < -0.4 is 5.32 Å². The van der Waals surface area contributed by atoms with Crippen LogP contribution in [0.3, 0.4) is 0 Å². The van der Waals surface area contributed by atoms with Crippen molar-refractivity contribution in [3.05, 3.63) is 53.3 Å². The van der Waals surface area contributed by atoms with E-state index in [9.17, 15) is 4.39 Å². The predicted molar refractivity (Wildman–Crippen MR) is 126 cm³/mol. The van der Waals surface area contributed by atoms with E-state index < -0.39 is 0 Å². The first-order valence-corrected chi connectivity index (χ1v) is 12.4. The monoisotopic (exact) mass is 452 g/mol. The number of hydrogen-bond donors (Lipinski definition) is 1. The molecular formula is C26H30ClFN4. The average molecular weight is 453 g/mol. The number of nitrogens with zero attached hydrogens (tertiary/aromatic N) is 3. The van der Waals surface area contributed by atoms with Crippen molar-refractivity contribution < 1.29 is 4.39 Å². The smallest absolute Gasteiger partial charge is 0.148 e. The summed E-state index contributed by atoms with van der Waals surface area (Å²) in [4.78, 5) is 2.76. The molecule has 3 unspecified atom stereocenters.